The number of hydrogen-bond donors (Lipinski definition) is 0. The highest BCUT2D eigenvalue weighted by atomic mass is 16.8. The van der Waals surface area contributed by atoms with Gasteiger partial charge in [0, 0.05) is 5.57 Å². The number of carbonyl (C=O) groups is 2. The third-order valence-corrected chi connectivity index (χ3v) is 1.51. The average Bonchev–Trinajstić information content (AvgIpc) is 2.51. The summed E-state index contributed by atoms with van der Waals surface area (Å²) in [5.41, 5.74) is 0.273. The highest BCUT2D eigenvalue weighted by Crippen LogP contribution is 2.16. The number of rotatable bonds is 2. The monoisotopic (exact) mass is 198 g/mol. The zero-order valence-corrected chi connectivity index (χ0v) is 7.96. The molecule has 0 aromatic carbocycles. The molecule has 0 atom stereocenters. The van der Waals surface area contributed by atoms with Crippen molar-refractivity contribution < 1.29 is 23.8 Å². The fourth-order valence-electron chi connectivity index (χ4n) is 0.741. The minimum atomic E-state index is -0.786. The summed E-state index contributed by atoms with van der Waals surface area (Å²) in [5, 5.41) is 0. The van der Waals surface area contributed by atoms with E-state index in [4.69, 9.17) is 4.74 Å². The Balaban J connectivity index is 2.65. The molecule has 0 spiro atoms. The van der Waals surface area contributed by atoms with E-state index in [0.717, 1.165) is 0 Å². The molecule has 1 rings (SSSR count). The maximum Gasteiger partial charge on any atom is 0.514 e. The molecule has 1 saturated heterocycles. The van der Waals surface area contributed by atoms with Crippen molar-refractivity contribution in [2.45, 2.75) is 13.8 Å². The van der Waals surface area contributed by atoms with Crippen LogP contribution in [0.1, 0.15) is 13.8 Å². The molecular weight excluding hydrogens is 188 g/mol. The second-order valence-corrected chi connectivity index (χ2v) is 2.79. The maximum absolute atomic E-state index is 11.1. The standard InChI is InChI=1S/C9H10O5/c1-5(2)8(10)13-6(3)7-4-12-9(11)14-7/h1,4H2,2-3H3. The van der Waals surface area contributed by atoms with Crippen molar-refractivity contribution in [1.29, 1.82) is 0 Å². The molecule has 76 valence electrons. The minimum Gasteiger partial charge on any atom is -0.426 e. The van der Waals surface area contributed by atoms with Crippen LogP contribution in [0.2, 0.25) is 0 Å². The van der Waals surface area contributed by atoms with Crippen LogP contribution in [0.3, 0.4) is 0 Å². The van der Waals surface area contributed by atoms with Crippen molar-refractivity contribution in [3.05, 3.63) is 23.7 Å². The molecule has 1 aliphatic heterocycles. The molecule has 1 fully saturated rings. The second-order valence-electron chi connectivity index (χ2n) is 2.79. The molecule has 0 aromatic heterocycles. The van der Waals surface area contributed by atoms with Crippen LogP contribution in [0, 0.1) is 0 Å². The highest BCUT2D eigenvalue weighted by Gasteiger charge is 2.23. The third kappa shape index (κ3) is 2.35. The van der Waals surface area contributed by atoms with E-state index in [1.165, 1.54) is 13.8 Å². The quantitative estimate of drug-likeness (QED) is 0.382. The van der Waals surface area contributed by atoms with E-state index in [-0.39, 0.29) is 23.7 Å². The summed E-state index contributed by atoms with van der Waals surface area (Å²) in [4.78, 5) is 21.6. The van der Waals surface area contributed by atoms with Gasteiger partial charge in [-0.05, 0) is 13.8 Å². The van der Waals surface area contributed by atoms with Crippen LogP contribution in [-0.4, -0.2) is 18.7 Å². The van der Waals surface area contributed by atoms with E-state index in [2.05, 4.69) is 16.1 Å². The first-order chi connectivity index (χ1) is 6.50. The molecule has 1 aliphatic rings. The summed E-state index contributed by atoms with van der Waals surface area (Å²) in [7, 11) is 0. The van der Waals surface area contributed by atoms with E-state index >= 15 is 0 Å². The largest absolute Gasteiger partial charge is 0.514 e. The van der Waals surface area contributed by atoms with E-state index in [0.29, 0.717) is 0 Å². The predicted octanol–water partition coefficient (Wildman–Crippen LogP) is 1.50. The van der Waals surface area contributed by atoms with Gasteiger partial charge in [-0.2, -0.15) is 0 Å². The molecule has 5 nitrogen and oxygen atoms in total. The minimum absolute atomic E-state index is 0.00582. The van der Waals surface area contributed by atoms with E-state index in [1.807, 2.05) is 0 Å². The van der Waals surface area contributed by atoms with E-state index in [1.54, 1.807) is 0 Å². The van der Waals surface area contributed by atoms with Gasteiger partial charge < -0.3 is 14.2 Å². The van der Waals surface area contributed by atoms with Gasteiger partial charge >= 0.3 is 12.1 Å². The molecule has 0 saturated carbocycles. The fourth-order valence-corrected chi connectivity index (χ4v) is 0.741. The van der Waals surface area contributed by atoms with Crippen molar-refractivity contribution in [3.63, 3.8) is 0 Å². The molecule has 0 bridgehead atoms. The predicted molar refractivity (Wildman–Crippen MR) is 46.0 cm³/mol. The molecule has 0 unspecified atom stereocenters. The second kappa shape index (κ2) is 3.95. The SMILES string of the molecule is C=C(C)C(=O)OC(C)=C1COC(=O)O1. The summed E-state index contributed by atoms with van der Waals surface area (Å²) in [6, 6.07) is 0. The normalized spacial score (nSPS) is 18.3. The lowest BCUT2D eigenvalue weighted by Gasteiger charge is -2.04. The first kappa shape index (κ1) is 10.3. The Morgan fingerprint density at radius 3 is 2.57 bits per heavy atom. The Kier molecular flexibility index (Phi) is 2.91. The van der Waals surface area contributed by atoms with Gasteiger partial charge in [-0.15, -0.1) is 0 Å². The van der Waals surface area contributed by atoms with Crippen molar-refractivity contribution >= 4 is 12.1 Å². The van der Waals surface area contributed by atoms with Gasteiger partial charge in [0.05, 0.1) is 0 Å². The molecular formula is C9H10O5. The zero-order chi connectivity index (χ0) is 10.7. The lowest BCUT2D eigenvalue weighted by atomic mass is 10.3. The summed E-state index contributed by atoms with van der Waals surface area (Å²) in [5.74, 6) is -0.133. The van der Waals surface area contributed by atoms with Crippen LogP contribution in [0.25, 0.3) is 0 Å². The Labute approximate surface area is 80.9 Å². The van der Waals surface area contributed by atoms with Crippen LogP contribution >= 0.6 is 0 Å². The highest BCUT2D eigenvalue weighted by molar-refractivity contribution is 5.87. The molecule has 0 amide bonds. The number of cyclic esters (lactones) is 2. The molecule has 5 heteroatoms. The van der Waals surface area contributed by atoms with Gasteiger partial charge in [0.15, 0.2) is 12.4 Å². The molecule has 0 N–H and O–H groups in total. The van der Waals surface area contributed by atoms with Crippen molar-refractivity contribution in [1.82, 2.24) is 0 Å². The summed E-state index contributed by atoms with van der Waals surface area (Å²) < 4.78 is 13.9. The number of carbonyl (C=O) groups excluding carboxylic acids is 2. The lowest BCUT2D eigenvalue weighted by Crippen LogP contribution is -2.05. The van der Waals surface area contributed by atoms with Crippen molar-refractivity contribution in [2.75, 3.05) is 6.61 Å². The maximum atomic E-state index is 11.1. The number of esters is 1. The molecule has 1 heterocycles. The summed E-state index contributed by atoms with van der Waals surface area (Å²) in [6.45, 7) is 6.44. The zero-order valence-electron chi connectivity index (χ0n) is 7.96. The Hall–Kier alpha value is -1.78. The van der Waals surface area contributed by atoms with Gasteiger partial charge in [-0.1, -0.05) is 6.58 Å². The topological polar surface area (TPSA) is 61.8 Å². The Morgan fingerprint density at radius 1 is 1.50 bits per heavy atom. The van der Waals surface area contributed by atoms with Crippen LogP contribution in [0.5, 0.6) is 0 Å². The van der Waals surface area contributed by atoms with Crippen molar-refractivity contribution in [2.24, 2.45) is 0 Å². The Bertz CT molecular complexity index is 326. The number of allylic oxidation sites excluding steroid dienone is 1. The fraction of sp³-hybridized carbons (Fsp3) is 0.333. The Morgan fingerprint density at radius 2 is 2.14 bits per heavy atom. The third-order valence-electron chi connectivity index (χ3n) is 1.51. The van der Waals surface area contributed by atoms with Gasteiger partial charge in [-0.25, -0.2) is 9.59 Å². The van der Waals surface area contributed by atoms with Gasteiger partial charge in [0.2, 0.25) is 0 Å². The average molecular weight is 198 g/mol. The van der Waals surface area contributed by atoms with Gasteiger partial charge in [0.25, 0.3) is 0 Å². The number of hydrogen-bond acceptors (Lipinski definition) is 5. The molecule has 0 radical (unpaired) electrons. The molecule has 0 aliphatic carbocycles. The number of ether oxygens (including phenoxy) is 3. The molecule has 14 heavy (non-hydrogen) atoms. The molecule has 0 aromatic rings. The van der Waals surface area contributed by atoms with E-state index < -0.39 is 12.1 Å². The van der Waals surface area contributed by atoms with Gasteiger partial charge in [-0.3, -0.25) is 0 Å². The van der Waals surface area contributed by atoms with Crippen LogP contribution in [-0.2, 0) is 19.0 Å². The first-order valence-corrected chi connectivity index (χ1v) is 3.92. The summed E-state index contributed by atoms with van der Waals surface area (Å²) >= 11 is 0. The van der Waals surface area contributed by atoms with E-state index in [9.17, 15) is 9.59 Å². The van der Waals surface area contributed by atoms with Crippen LogP contribution in [0.15, 0.2) is 23.7 Å². The van der Waals surface area contributed by atoms with Crippen LogP contribution in [0.4, 0.5) is 4.79 Å². The lowest BCUT2D eigenvalue weighted by molar-refractivity contribution is -0.135. The van der Waals surface area contributed by atoms with Crippen LogP contribution < -0.4 is 0 Å². The summed E-state index contributed by atoms with van der Waals surface area (Å²) in [6.07, 6.45) is -0.786. The van der Waals surface area contributed by atoms with Gasteiger partial charge in [0.1, 0.15) is 5.76 Å². The first-order valence-electron chi connectivity index (χ1n) is 3.92. The smallest absolute Gasteiger partial charge is 0.426 e. The van der Waals surface area contributed by atoms with Crippen molar-refractivity contribution in [3.8, 4) is 0 Å².